The first-order chi connectivity index (χ1) is 9.88. The van der Waals surface area contributed by atoms with Crippen molar-refractivity contribution in [3.05, 3.63) is 24.3 Å². The predicted molar refractivity (Wildman–Crippen MR) is 79.6 cm³/mol. The van der Waals surface area contributed by atoms with Crippen LogP contribution in [0.4, 0.5) is 0 Å². The Balaban J connectivity index is 1.46. The van der Waals surface area contributed by atoms with E-state index >= 15 is 0 Å². The SMILES string of the molecule is COc1ccc(OCCNCCOC2CCCC2)cc1. The van der Waals surface area contributed by atoms with E-state index in [4.69, 9.17) is 14.2 Å². The highest BCUT2D eigenvalue weighted by Crippen LogP contribution is 2.20. The van der Waals surface area contributed by atoms with Gasteiger partial charge in [0.25, 0.3) is 0 Å². The van der Waals surface area contributed by atoms with E-state index in [9.17, 15) is 0 Å². The number of methoxy groups -OCH3 is 1. The summed E-state index contributed by atoms with van der Waals surface area (Å²) >= 11 is 0. The van der Waals surface area contributed by atoms with Gasteiger partial charge in [-0.05, 0) is 37.1 Å². The lowest BCUT2D eigenvalue weighted by molar-refractivity contribution is 0.0601. The minimum Gasteiger partial charge on any atom is -0.497 e. The van der Waals surface area contributed by atoms with Gasteiger partial charge in [-0.25, -0.2) is 0 Å². The van der Waals surface area contributed by atoms with E-state index in [0.29, 0.717) is 12.7 Å². The van der Waals surface area contributed by atoms with Gasteiger partial charge in [0.05, 0.1) is 19.8 Å². The molecule has 1 aromatic rings. The van der Waals surface area contributed by atoms with Crippen LogP contribution in [-0.4, -0.2) is 39.5 Å². The van der Waals surface area contributed by atoms with Crippen LogP contribution in [0, 0.1) is 0 Å². The fraction of sp³-hybridized carbons (Fsp3) is 0.625. The third-order valence-electron chi connectivity index (χ3n) is 3.54. The molecule has 0 heterocycles. The molecule has 112 valence electrons. The third-order valence-corrected chi connectivity index (χ3v) is 3.54. The number of rotatable bonds is 9. The van der Waals surface area contributed by atoms with Gasteiger partial charge in [-0.15, -0.1) is 0 Å². The van der Waals surface area contributed by atoms with Gasteiger partial charge in [0.2, 0.25) is 0 Å². The Morgan fingerprint density at radius 3 is 2.35 bits per heavy atom. The van der Waals surface area contributed by atoms with E-state index in [2.05, 4.69) is 5.32 Å². The number of hydrogen-bond donors (Lipinski definition) is 1. The lowest BCUT2D eigenvalue weighted by atomic mass is 10.3. The van der Waals surface area contributed by atoms with Crippen LogP contribution in [-0.2, 0) is 4.74 Å². The molecule has 0 unspecified atom stereocenters. The summed E-state index contributed by atoms with van der Waals surface area (Å²) in [6.07, 6.45) is 5.63. The Morgan fingerprint density at radius 1 is 1.00 bits per heavy atom. The van der Waals surface area contributed by atoms with E-state index in [1.165, 1.54) is 25.7 Å². The maximum atomic E-state index is 5.78. The van der Waals surface area contributed by atoms with Crippen LogP contribution in [0.2, 0.25) is 0 Å². The normalized spacial score (nSPS) is 15.4. The molecule has 1 aliphatic rings. The fourth-order valence-electron chi connectivity index (χ4n) is 2.39. The van der Waals surface area contributed by atoms with E-state index in [1.807, 2.05) is 24.3 Å². The Morgan fingerprint density at radius 2 is 1.65 bits per heavy atom. The van der Waals surface area contributed by atoms with Crippen LogP contribution < -0.4 is 14.8 Å². The van der Waals surface area contributed by atoms with Gasteiger partial charge >= 0.3 is 0 Å². The summed E-state index contributed by atoms with van der Waals surface area (Å²) in [5.74, 6) is 1.72. The summed E-state index contributed by atoms with van der Waals surface area (Å²) in [5.41, 5.74) is 0. The molecule has 0 aromatic heterocycles. The number of hydrogen-bond acceptors (Lipinski definition) is 4. The van der Waals surface area contributed by atoms with Crippen molar-refractivity contribution in [3.8, 4) is 11.5 Å². The fourth-order valence-corrected chi connectivity index (χ4v) is 2.39. The van der Waals surface area contributed by atoms with Crippen molar-refractivity contribution in [2.24, 2.45) is 0 Å². The molecule has 0 saturated heterocycles. The molecular formula is C16H25NO3. The second-order valence-corrected chi connectivity index (χ2v) is 5.05. The smallest absolute Gasteiger partial charge is 0.119 e. The number of ether oxygens (including phenoxy) is 3. The Kier molecular flexibility index (Phi) is 6.68. The summed E-state index contributed by atoms with van der Waals surface area (Å²) in [4.78, 5) is 0. The monoisotopic (exact) mass is 279 g/mol. The van der Waals surface area contributed by atoms with Crippen molar-refractivity contribution in [2.45, 2.75) is 31.8 Å². The molecule has 0 amide bonds. The first-order valence-corrected chi connectivity index (χ1v) is 7.47. The summed E-state index contributed by atoms with van der Waals surface area (Å²) < 4.78 is 16.5. The van der Waals surface area contributed by atoms with Crippen molar-refractivity contribution in [1.29, 1.82) is 0 Å². The average molecular weight is 279 g/mol. The molecule has 1 N–H and O–H groups in total. The van der Waals surface area contributed by atoms with E-state index in [1.54, 1.807) is 7.11 Å². The molecule has 1 aliphatic carbocycles. The summed E-state index contributed by atoms with van der Waals surface area (Å²) in [6.45, 7) is 3.19. The molecule has 1 aromatic carbocycles. The maximum absolute atomic E-state index is 5.78. The zero-order valence-electron chi connectivity index (χ0n) is 12.3. The lowest BCUT2D eigenvalue weighted by Crippen LogP contribution is -2.26. The van der Waals surface area contributed by atoms with Gasteiger partial charge in [0, 0.05) is 13.1 Å². The van der Waals surface area contributed by atoms with Crippen molar-refractivity contribution in [1.82, 2.24) is 5.32 Å². The van der Waals surface area contributed by atoms with Crippen LogP contribution in [0.15, 0.2) is 24.3 Å². The van der Waals surface area contributed by atoms with E-state index < -0.39 is 0 Å². The molecule has 1 saturated carbocycles. The molecule has 2 rings (SSSR count). The van der Waals surface area contributed by atoms with Crippen LogP contribution in [0.5, 0.6) is 11.5 Å². The zero-order chi connectivity index (χ0) is 14.0. The van der Waals surface area contributed by atoms with Crippen molar-refractivity contribution >= 4 is 0 Å². The van der Waals surface area contributed by atoms with Gasteiger partial charge in [0.1, 0.15) is 18.1 Å². The topological polar surface area (TPSA) is 39.7 Å². The van der Waals surface area contributed by atoms with Gasteiger partial charge in [-0.1, -0.05) is 12.8 Å². The summed E-state index contributed by atoms with van der Waals surface area (Å²) in [6, 6.07) is 7.64. The molecule has 0 atom stereocenters. The zero-order valence-corrected chi connectivity index (χ0v) is 12.3. The van der Waals surface area contributed by atoms with Crippen molar-refractivity contribution in [3.63, 3.8) is 0 Å². The average Bonchev–Trinajstić information content (AvgIpc) is 3.00. The molecule has 0 spiro atoms. The van der Waals surface area contributed by atoms with E-state index in [0.717, 1.165) is 31.2 Å². The summed E-state index contributed by atoms with van der Waals surface area (Å²) in [5, 5.41) is 3.33. The molecule has 0 aliphatic heterocycles. The van der Waals surface area contributed by atoms with Gasteiger partial charge < -0.3 is 19.5 Å². The first kappa shape index (κ1) is 15.1. The highest BCUT2D eigenvalue weighted by atomic mass is 16.5. The largest absolute Gasteiger partial charge is 0.497 e. The molecule has 20 heavy (non-hydrogen) atoms. The van der Waals surface area contributed by atoms with Crippen LogP contribution in [0.25, 0.3) is 0 Å². The Labute approximate surface area is 121 Å². The Bertz CT molecular complexity index is 360. The van der Waals surface area contributed by atoms with Crippen molar-refractivity contribution in [2.75, 3.05) is 33.4 Å². The van der Waals surface area contributed by atoms with Crippen LogP contribution in [0.3, 0.4) is 0 Å². The third kappa shape index (κ3) is 5.39. The van der Waals surface area contributed by atoms with Gasteiger partial charge in [-0.2, -0.15) is 0 Å². The Hall–Kier alpha value is -1.26. The number of benzene rings is 1. The second kappa shape index (κ2) is 8.82. The standard InChI is InChI=1S/C16H25NO3/c1-18-14-6-8-16(9-7-14)20-13-11-17-10-12-19-15-4-2-3-5-15/h6-9,15,17H,2-5,10-13H2,1H3. The highest BCUT2D eigenvalue weighted by molar-refractivity contribution is 5.31. The van der Waals surface area contributed by atoms with Crippen LogP contribution >= 0.6 is 0 Å². The number of nitrogens with one attached hydrogen (secondary N) is 1. The molecule has 0 radical (unpaired) electrons. The predicted octanol–water partition coefficient (Wildman–Crippen LogP) is 2.62. The first-order valence-electron chi connectivity index (χ1n) is 7.47. The second-order valence-electron chi connectivity index (χ2n) is 5.05. The minimum atomic E-state index is 0.507. The molecule has 4 nitrogen and oxygen atoms in total. The van der Waals surface area contributed by atoms with E-state index in [-0.39, 0.29) is 0 Å². The quantitative estimate of drug-likeness (QED) is 0.705. The molecule has 0 bridgehead atoms. The summed E-state index contributed by atoms with van der Waals surface area (Å²) in [7, 11) is 1.66. The van der Waals surface area contributed by atoms with Crippen molar-refractivity contribution < 1.29 is 14.2 Å². The molecule has 1 fully saturated rings. The maximum Gasteiger partial charge on any atom is 0.119 e. The highest BCUT2D eigenvalue weighted by Gasteiger charge is 2.14. The molecular weight excluding hydrogens is 254 g/mol. The lowest BCUT2D eigenvalue weighted by Gasteiger charge is -2.12. The van der Waals surface area contributed by atoms with Crippen LogP contribution in [0.1, 0.15) is 25.7 Å². The van der Waals surface area contributed by atoms with Gasteiger partial charge in [0.15, 0.2) is 0 Å². The van der Waals surface area contributed by atoms with Gasteiger partial charge in [-0.3, -0.25) is 0 Å². The molecule has 4 heteroatoms. The minimum absolute atomic E-state index is 0.507.